The second-order valence-corrected chi connectivity index (χ2v) is 4.58. The molecule has 0 aliphatic carbocycles. The molecule has 0 atom stereocenters. The van der Waals surface area contributed by atoms with Crippen molar-refractivity contribution in [2.24, 2.45) is 0 Å². The van der Waals surface area contributed by atoms with Gasteiger partial charge in [-0.1, -0.05) is 18.2 Å². The van der Waals surface area contributed by atoms with E-state index in [0.29, 0.717) is 11.3 Å². The number of aromatic nitrogens is 2. The molecule has 0 saturated heterocycles. The molecule has 0 radical (unpaired) electrons. The van der Waals surface area contributed by atoms with Crippen molar-refractivity contribution in [2.75, 3.05) is 7.11 Å². The molecule has 20 heavy (non-hydrogen) atoms. The fourth-order valence-corrected chi connectivity index (χ4v) is 2.34. The van der Waals surface area contributed by atoms with Crippen molar-refractivity contribution in [3.05, 3.63) is 48.4 Å². The van der Waals surface area contributed by atoms with E-state index in [1.807, 2.05) is 36.0 Å². The Balaban J connectivity index is 2.19. The minimum atomic E-state index is -0.293. The lowest BCUT2D eigenvalue weighted by atomic mass is 10.0. The summed E-state index contributed by atoms with van der Waals surface area (Å²) in [6.07, 6.45) is 1.98. The van der Waals surface area contributed by atoms with Crippen molar-refractivity contribution in [1.29, 1.82) is 0 Å². The van der Waals surface area contributed by atoms with E-state index in [1.54, 1.807) is 19.2 Å². The lowest BCUT2D eigenvalue weighted by Gasteiger charge is -2.09. The Morgan fingerprint density at radius 1 is 1.25 bits per heavy atom. The van der Waals surface area contributed by atoms with Gasteiger partial charge in [0.25, 0.3) is 0 Å². The minimum absolute atomic E-state index is 0.293. The first-order valence-electron chi connectivity index (χ1n) is 6.53. The number of halogens is 1. The first-order valence-corrected chi connectivity index (χ1v) is 6.53. The lowest BCUT2D eigenvalue weighted by molar-refractivity contribution is 0.413. The molecule has 0 fully saturated rings. The number of methoxy groups -OCH3 is 1. The quantitative estimate of drug-likeness (QED) is 0.722. The van der Waals surface area contributed by atoms with Gasteiger partial charge < -0.3 is 4.74 Å². The second kappa shape index (κ2) is 4.96. The van der Waals surface area contributed by atoms with Gasteiger partial charge in [0.1, 0.15) is 11.6 Å². The molecule has 0 N–H and O–H groups in total. The molecule has 3 nitrogen and oxygen atoms in total. The maximum Gasteiger partial charge on any atom is 0.134 e. The molecule has 0 unspecified atom stereocenters. The number of hydrogen-bond donors (Lipinski definition) is 0. The molecule has 102 valence electrons. The molecule has 0 aliphatic heterocycles. The van der Waals surface area contributed by atoms with Gasteiger partial charge >= 0.3 is 0 Å². The van der Waals surface area contributed by atoms with Crippen LogP contribution in [-0.4, -0.2) is 16.9 Å². The number of ether oxygens (including phenoxy) is 1. The fourth-order valence-electron chi connectivity index (χ4n) is 2.34. The highest BCUT2D eigenvalue weighted by molar-refractivity contribution is 5.85. The Morgan fingerprint density at radius 2 is 2.10 bits per heavy atom. The standard InChI is InChI=1S/C16H15FN2O/c1-3-19-10-12-8-7-11(9-14(12)18-19)16-13(17)5-4-6-15(16)20-2/h4-10H,3H2,1-2H3. The zero-order valence-electron chi connectivity index (χ0n) is 11.4. The predicted octanol–water partition coefficient (Wildman–Crippen LogP) is 3.87. The summed E-state index contributed by atoms with van der Waals surface area (Å²) in [5.74, 6) is 0.234. The van der Waals surface area contributed by atoms with Crippen molar-refractivity contribution < 1.29 is 9.13 Å². The second-order valence-electron chi connectivity index (χ2n) is 4.58. The van der Waals surface area contributed by atoms with Gasteiger partial charge in [-0.2, -0.15) is 5.10 Å². The summed E-state index contributed by atoms with van der Waals surface area (Å²) in [5.41, 5.74) is 2.10. The largest absolute Gasteiger partial charge is 0.496 e. The maximum atomic E-state index is 14.1. The van der Waals surface area contributed by atoms with Crippen LogP contribution in [0.3, 0.4) is 0 Å². The van der Waals surface area contributed by atoms with Crippen LogP contribution in [0, 0.1) is 5.82 Å². The maximum absolute atomic E-state index is 14.1. The van der Waals surface area contributed by atoms with Crippen molar-refractivity contribution in [2.45, 2.75) is 13.5 Å². The van der Waals surface area contributed by atoms with E-state index in [1.165, 1.54) is 6.07 Å². The van der Waals surface area contributed by atoms with Crippen LogP contribution in [-0.2, 0) is 6.54 Å². The van der Waals surface area contributed by atoms with E-state index < -0.39 is 0 Å². The fraction of sp³-hybridized carbons (Fsp3) is 0.188. The molecule has 3 aromatic rings. The van der Waals surface area contributed by atoms with Gasteiger partial charge in [0.05, 0.1) is 18.2 Å². The minimum Gasteiger partial charge on any atom is -0.496 e. The Hall–Kier alpha value is -2.36. The molecular weight excluding hydrogens is 255 g/mol. The first-order chi connectivity index (χ1) is 9.72. The molecule has 1 heterocycles. The summed E-state index contributed by atoms with van der Waals surface area (Å²) in [6.45, 7) is 2.85. The summed E-state index contributed by atoms with van der Waals surface area (Å²) in [5, 5.41) is 5.50. The lowest BCUT2D eigenvalue weighted by Crippen LogP contribution is -1.93. The number of fused-ring (bicyclic) bond motifs is 1. The van der Waals surface area contributed by atoms with Crippen LogP contribution >= 0.6 is 0 Å². The SMILES string of the molecule is CCn1cc2ccc(-c3c(F)cccc3OC)cc2n1. The number of benzene rings is 2. The Kier molecular flexibility index (Phi) is 3.14. The van der Waals surface area contributed by atoms with E-state index in [4.69, 9.17) is 4.74 Å². The van der Waals surface area contributed by atoms with E-state index in [-0.39, 0.29) is 5.82 Å². The van der Waals surface area contributed by atoms with Crippen molar-refractivity contribution in [3.63, 3.8) is 0 Å². The molecule has 0 amide bonds. The third kappa shape index (κ3) is 2.03. The molecule has 4 heteroatoms. The van der Waals surface area contributed by atoms with Crippen LogP contribution in [0.4, 0.5) is 4.39 Å². The Bertz CT molecular complexity index is 764. The molecule has 3 rings (SSSR count). The molecular formula is C16H15FN2O. The van der Waals surface area contributed by atoms with Crippen LogP contribution in [0.25, 0.3) is 22.0 Å². The van der Waals surface area contributed by atoms with E-state index >= 15 is 0 Å². The molecule has 2 aromatic carbocycles. The third-order valence-corrected chi connectivity index (χ3v) is 3.36. The van der Waals surface area contributed by atoms with E-state index in [2.05, 4.69) is 5.10 Å². The van der Waals surface area contributed by atoms with Gasteiger partial charge in [-0.05, 0) is 30.7 Å². The van der Waals surface area contributed by atoms with Gasteiger partial charge in [0.2, 0.25) is 0 Å². The molecule has 0 saturated carbocycles. The highest BCUT2D eigenvalue weighted by atomic mass is 19.1. The first kappa shape index (κ1) is 12.7. The summed E-state index contributed by atoms with van der Waals surface area (Å²) < 4.78 is 21.2. The number of nitrogens with zero attached hydrogens (tertiary/aromatic N) is 2. The molecule has 0 aliphatic rings. The third-order valence-electron chi connectivity index (χ3n) is 3.36. The zero-order chi connectivity index (χ0) is 14.1. The smallest absolute Gasteiger partial charge is 0.134 e. The molecule has 1 aromatic heterocycles. The Morgan fingerprint density at radius 3 is 2.85 bits per heavy atom. The van der Waals surface area contributed by atoms with Gasteiger partial charge in [-0.15, -0.1) is 0 Å². The van der Waals surface area contributed by atoms with Crippen LogP contribution in [0.1, 0.15) is 6.92 Å². The van der Waals surface area contributed by atoms with Crippen molar-refractivity contribution in [3.8, 4) is 16.9 Å². The molecule has 0 bridgehead atoms. The monoisotopic (exact) mass is 270 g/mol. The number of rotatable bonds is 3. The van der Waals surface area contributed by atoms with Gasteiger partial charge in [0, 0.05) is 18.1 Å². The van der Waals surface area contributed by atoms with Gasteiger partial charge in [0.15, 0.2) is 0 Å². The van der Waals surface area contributed by atoms with Crippen LogP contribution in [0.2, 0.25) is 0 Å². The average Bonchev–Trinajstić information content (AvgIpc) is 2.88. The highest BCUT2D eigenvalue weighted by Gasteiger charge is 2.12. The average molecular weight is 270 g/mol. The predicted molar refractivity (Wildman–Crippen MR) is 77.4 cm³/mol. The zero-order valence-corrected chi connectivity index (χ0v) is 11.4. The summed E-state index contributed by atoms with van der Waals surface area (Å²) in [7, 11) is 1.54. The summed E-state index contributed by atoms with van der Waals surface area (Å²) in [4.78, 5) is 0. The number of hydrogen-bond acceptors (Lipinski definition) is 2. The van der Waals surface area contributed by atoms with Gasteiger partial charge in [-0.3, -0.25) is 4.68 Å². The van der Waals surface area contributed by atoms with E-state index in [0.717, 1.165) is 23.0 Å². The van der Waals surface area contributed by atoms with Crippen LogP contribution in [0.15, 0.2) is 42.6 Å². The number of aryl methyl sites for hydroxylation is 1. The summed E-state index contributed by atoms with van der Waals surface area (Å²) in [6, 6.07) is 10.6. The summed E-state index contributed by atoms with van der Waals surface area (Å²) >= 11 is 0. The Labute approximate surface area is 116 Å². The molecule has 0 spiro atoms. The van der Waals surface area contributed by atoms with Gasteiger partial charge in [-0.25, -0.2) is 4.39 Å². The highest BCUT2D eigenvalue weighted by Crippen LogP contribution is 2.33. The van der Waals surface area contributed by atoms with E-state index in [9.17, 15) is 4.39 Å². The topological polar surface area (TPSA) is 27.1 Å². The van der Waals surface area contributed by atoms with Crippen LogP contribution in [0.5, 0.6) is 5.75 Å². The van der Waals surface area contributed by atoms with Crippen molar-refractivity contribution >= 4 is 10.9 Å². The van der Waals surface area contributed by atoms with Crippen LogP contribution < -0.4 is 4.74 Å². The normalized spacial score (nSPS) is 10.9. The van der Waals surface area contributed by atoms with Crippen molar-refractivity contribution in [1.82, 2.24) is 9.78 Å².